The number of anilines is 1. The molecule has 0 radical (unpaired) electrons. The predicted molar refractivity (Wildman–Crippen MR) is 121 cm³/mol. The molecular weight excluding hydrogens is 394 g/mol. The Bertz CT molecular complexity index is 1170. The Morgan fingerprint density at radius 1 is 1.10 bits per heavy atom. The topological polar surface area (TPSA) is 55.3 Å². The second-order valence-electron chi connectivity index (χ2n) is 7.10. The minimum absolute atomic E-state index is 0.114. The lowest BCUT2D eigenvalue weighted by atomic mass is 10.1. The van der Waals surface area contributed by atoms with E-state index >= 15 is 0 Å². The van der Waals surface area contributed by atoms with E-state index in [1.807, 2.05) is 37.3 Å². The fourth-order valence-electron chi connectivity index (χ4n) is 3.38. The molecule has 2 aromatic carbocycles. The first-order valence-corrected chi connectivity index (χ1v) is 10.7. The summed E-state index contributed by atoms with van der Waals surface area (Å²) in [5.74, 6) is 0.633. The van der Waals surface area contributed by atoms with Gasteiger partial charge in [-0.2, -0.15) is 0 Å². The number of carbonyl (C=O) groups is 1. The summed E-state index contributed by atoms with van der Waals surface area (Å²) < 4.78 is 6.60. The molecule has 6 heteroatoms. The van der Waals surface area contributed by atoms with Crippen molar-refractivity contribution in [1.29, 1.82) is 0 Å². The maximum absolute atomic E-state index is 13.5. The van der Waals surface area contributed by atoms with E-state index in [2.05, 4.69) is 31.0 Å². The van der Waals surface area contributed by atoms with Crippen molar-refractivity contribution in [3.8, 4) is 5.75 Å². The third-order valence-electron chi connectivity index (χ3n) is 4.74. The highest BCUT2D eigenvalue weighted by Crippen LogP contribution is 2.33. The zero-order valence-corrected chi connectivity index (χ0v) is 18.1. The number of rotatable bonds is 6. The summed E-state index contributed by atoms with van der Waals surface area (Å²) in [4.78, 5) is 24.4. The summed E-state index contributed by atoms with van der Waals surface area (Å²) in [6.07, 6.45) is 1.74. The summed E-state index contributed by atoms with van der Waals surface area (Å²) in [6, 6.07) is 17.1. The fraction of sp³-hybridized carbons (Fsp3) is 0.208. The first-order chi connectivity index (χ1) is 14.5. The van der Waals surface area contributed by atoms with Crippen LogP contribution in [0.15, 0.2) is 60.8 Å². The van der Waals surface area contributed by atoms with Gasteiger partial charge in [-0.05, 0) is 74.4 Å². The van der Waals surface area contributed by atoms with Gasteiger partial charge in [-0.15, -0.1) is 0 Å². The number of aryl methyl sites for hydroxylation is 2. The second-order valence-corrected chi connectivity index (χ2v) is 8.07. The van der Waals surface area contributed by atoms with Gasteiger partial charge in [0.25, 0.3) is 5.91 Å². The van der Waals surface area contributed by atoms with Crippen LogP contribution in [0.4, 0.5) is 5.13 Å². The summed E-state index contributed by atoms with van der Waals surface area (Å²) in [5, 5.41) is 0.670. The molecular formula is C24H23N3O2S. The number of ether oxygens (including phenoxy) is 1. The van der Waals surface area contributed by atoms with Crippen molar-refractivity contribution in [3.05, 3.63) is 83.2 Å². The number of fused-ring (bicyclic) bond motifs is 1. The summed E-state index contributed by atoms with van der Waals surface area (Å²) in [7, 11) is 0. The van der Waals surface area contributed by atoms with Gasteiger partial charge in [-0.3, -0.25) is 14.7 Å². The third kappa shape index (κ3) is 4.19. The average molecular weight is 418 g/mol. The molecule has 4 aromatic rings. The molecule has 0 N–H and O–H groups in total. The van der Waals surface area contributed by atoms with Crippen LogP contribution in [0.2, 0.25) is 0 Å². The van der Waals surface area contributed by atoms with E-state index in [1.54, 1.807) is 23.2 Å². The molecule has 4 rings (SSSR count). The van der Waals surface area contributed by atoms with Crippen LogP contribution in [0.3, 0.4) is 0 Å². The lowest BCUT2D eigenvalue weighted by molar-refractivity contribution is 0.0985. The van der Waals surface area contributed by atoms with Gasteiger partial charge in [0.15, 0.2) is 5.13 Å². The molecule has 5 nitrogen and oxygen atoms in total. The average Bonchev–Trinajstić information content (AvgIpc) is 3.17. The standard InChI is InChI=1S/C24H23N3O2S/c1-4-29-20-10-8-18(9-11-20)23(28)27(15-19-7-5-6-12-25-19)24-26-21-14-16(2)13-17(3)22(21)30-24/h5-14H,4,15H2,1-3H3. The summed E-state index contributed by atoms with van der Waals surface area (Å²) in [5.41, 5.74) is 4.63. The monoisotopic (exact) mass is 417 g/mol. The first-order valence-electron chi connectivity index (χ1n) is 9.87. The number of aromatic nitrogens is 2. The van der Waals surface area contributed by atoms with Gasteiger partial charge in [-0.25, -0.2) is 4.98 Å². The Balaban J connectivity index is 1.74. The van der Waals surface area contributed by atoms with Crippen molar-refractivity contribution in [1.82, 2.24) is 9.97 Å². The Kier molecular flexibility index (Phi) is 5.77. The van der Waals surface area contributed by atoms with E-state index in [4.69, 9.17) is 9.72 Å². The van der Waals surface area contributed by atoms with Crippen molar-refractivity contribution in [3.63, 3.8) is 0 Å². The third-order valence-corrected chi connectivity index (χ3v) is 5.97. The molecule has 0 saturated carbocycles. The molecule has 0 spiro atoms. The Morgan fingerprint density at radius 2 is 1.90 bits per heavy atom. The number of hydrogen-bond donors (Lipinski definition) is 0. The van der Waals surface area contributed by atoms with Crippen molar-refractivity contribution in [2.24, 2.45) is 0 Å². The highest BCUT2D eigenvalue weighted by Gasteiger charge is 2.23. The largest absolute Gasteiger partial charge is 0.494 e. The quantitative estimate of drug-likeness (QED) is 0.412. The van der Waals surface area contributed by atoms with Crippen molar-refractivity contribution in [2.45, 2.75) is 27.3 Å². The normalized spacial score (nSPS) is 10.9. The van der Waals surface area contributed by atoms with E-state index in [-0.39, 0.29) is 5.91 Å². The van der Waals surface area contributed by atoms with Crippen LogP contribution >= 0.6 is 11.3 Å². The molecule has 0 fully saturated rings. The lowest BCUT2D eigenvalue weighted by Crippen LogP contribution is -2.30. The highest BCUT2D eigenvalue weighted by molar-refractivity contribution is 7.22. The van der Waals surface area contributed by atoms with Crippen molar-refractivity contribution in [2.75, 3.05) is 11.5 Å². The number of carbonyl (C=O) groups excluding carboxylic acids is 1. The van der Waals surface area contributed by atoms with Crippen molar-refractivity contribution >= 4 is 32.6 Å². The van der Waals surface area contributed by atoms with Crippen LogP contribution in [0.1, 0.15) is 34.1 Å². The SMILES string of the molecule is CCOc1ccc(C(=O)N(Cc2ccccn2)c2nc3cc(C)cc(C)c3s2)cc1. The van der Waals surface area contributed by atoms with Crippen LogP contribution in [0.5, 0.6) is 5.75 Å². The molecule has 0 saturated heterocycles. The van der Waals surface area contributed by atoms with Gasteiger partial charge in [0.05, 0.1) is 29.1 Å². The van der Waals surface area contributed by atoms with Gasteiger partial charge < -0.3 is 4.74 Å². The van der Waals surface area contributed by atoms with Gasteiger partial charge in [0.2, 0.25) is 0 Å². The second kappa shape index (κ2) is 8.63. The predicted octanol–water partition coefficient (Wildman–Crippen LogP) is 5.55. The Hall–Kier alpha value is -3.25. The molecule has 0 aliphatic carbocycles. The Morgan fingerprint density at radius 3 is 2.60 bits per heavy atom. The van der Waals surface area contributed by atoms with Crippen LogP contribution in [-0.2, 0) is 6.54 Å². The van der Waals surface area contributed by atoms with Crippen LogP contribution in [-0.4, -0.2) is 22.5 Å². The highest BCUT2D eigenvalue weighted by atomic mass is 32.1. The van der Waals surface area contributed by atoms with Crippen LogP contribution < -0.4 is 9.64 Å². The number of hydrogen-bond acceptors (Lipinski definition) is 5. The van der Waals surface area contributed by atoms with E-state index in [0.717, 1.165) is 27.2 Å². The van der Waals surface area contributed by atoms with Crippen molar-refractivity contribution < 1.29 is 9.53 Å². The van der Waals surface area contributed by atoms with Gasteiger partial charge in [-0.1, -0.05) is 23.5 Å². The lowest BCUT2D eigenvalue weighted by Gasteiger charge is -2.19. The number of nitrogens with zero attached hydrogens (tertiary/aromatic N) is 3. The number of pyridine rings is 1. The molecule has 2 aromatic heterocycles. The van der Waals surface area contributed by atoms with E-state index < -0.39 is 0 Å². The number of thiazole rings is 1. The summed E-state index contributed by atoms with van der Waals surface area (Å²) in [6.45, 7) is 7.01. The van der Waals surface area contributed by atoms with Crippen LogP contribution in [0, 0.1) is 13.8 Å². The molecule has 1 amide bonds. The minimum atomic E-state index is -0.114. The molecule has 30 heavy (non-hydrogen) atoms. The zero-order chi connectivity index (χ0) is 21.1. The number of benzene rings is 2. The molecule has 2 heterocycles. The van der Waals surface area contributed by atoms with Gasteiger partial charge >= 0.3 is 0 Å². The van der Waals surface area contributed by atoms with E-state index in [0.29, 0.717) is 23.8 Å². The molecule has 0 atom stereocenters. The Labute approximate surface area is 180 Å². The molecule has 0 unspecified atom stereocenters. The maximum atomic E-state index is 13.5. The zero-order valence-electron chi connectivity index (χ0n) is 17.3. The molecule has 0 aliphatic rings. The van der Waals surface area contributed by atoms with Gasteiger partial charge in [0, 0.05) is 11.8 Å². The van der Waals surface area contributed by atoms with E-state index in [9.17, 15) is 4.79 Å². The first kappa shape index (κ1) is 20.0. The smallest absolute Gasteiger partial charge is 0.260 e. The maximum Gasteiger partial charge on any atom is 0.260 e. The fourth-order valence-corrected chi connectivity index (χ4v) is 4.39. The molecule has 0 bridgehead atoms. The van der Waals surface area contributed by atoms with Crippen LogP contribution in [0.25, 0.3) is 10.2 Å². The number of amides is 1. The minimum Gasteiger partial charge on any atom is -0.494 e. The molecule has 152 valence electrons. The van der Waals surface area contributed by atoms with Gasteiger partial charge in [0.1, 0.15) is 5.75 Å². The molecule has 0 aliphatic heterocycles. The summed E-state index contributed by atoms with van der Waals surface area (Å²) >= 11 is 1.54. The van der Waals surface area contributed by atoms with E-state index in [1.165, 1.54) is 16.9 Å².